The summed E-state index contributed by atoms with van der Waals surface area (Å²) in [6.07, 6.45) is 1.19. The van der Waals surface area contributed by atoms with Crippen molar-refractivity contribution in [1.82, 2.24) is 10.4 Å². The van der Waals surface area contributed by atoms with E-state index in [1.165, 1.54) is 6.42 Å². The van der Waals surface area contributed by atoms with E-state index in [0.29, 0.717) is 0 Å². The Bertz CT molecular complexity index is 81.7. The Morgan fingerprint density at radius 1 is 1.40 bits per heavy atom. The lowest BCUT2D eigenvalue weighted by Gasteiger charge is -2.26. The molecule has 0 saturated carbocycles. The molecule has 1 N–H and O–H groups in total. The zero-order chi connectivity index (χ0) is 7.23. The molecule has 60 valence electrons. The maximum atomic E-state index is 5.20. The third-order valence-electron chi connectivity index (χ3n) is 1.60. The van der Waals surface area contributed by atoms with Gasteiger partial charge in [0, 0.05) is 19.6 Å². The second kappa shape index (κ2) is 4.66. The molecule has 1 rings (SSSR count). The molecule has 0 atom stereocenters. The summed E-state index contributed by atoms with van der Waals surface area (Å²) in [5, 5.41) is 2.23. The van der Waals surface area contributed by atoms with Crippen LogP contribution >= 0.6 is 0 Å². The molecule has 0 aromatic rings. The standard InChI is InChI=1S/C7H16N2O/c1-2-3-8-9-4-6-10-7-5-9/h8H,2-7H2,1H3. The molecule has 0 aliphatic carbocycles. The quantitative estimate of drug-likeness (QED) is 0.614. The van der Waals surface area contributed by atoms with Crippen molar-refractivity contribution in [2.24, 2.45) is 0 Å². The van der Waals surface area contributed by atoms with Crippen LogP contribution in [0.1, 0.15) is 13.3 Å². The molecule has 0 aromatic carbocycles. The molecule has 10 heavy (non-hydrogen) atoms. The molecule has 1 aliphatic heterocycles. The molecular formula is C7H16N2O. The third-order valence-corrected chi connectivity index (χ3v) is 1.60. The summed E-state index contributed by atoms with van der Waals surface area (Å²) in [5.74, 6) is 0. The second-order valence-corrected chi connectivity index (χ2v) is 2.51. The van der Waals surface area contributed by atoms with E-state index in [1.807, 2.05) is 0 Å². The Morgan fingerprint density at radius 3 is 2.70 bits per heavy atom. The minimum atomic E-state index is 0.872. The fourth-order valence-electron chi connectivity index (χ4n) is 0.991. The van der Waals surface area contributed by atoms with Crippen molar-refractivity contribution in [3.8, 4) is 0 Å². The molecule has 1 aliphatic rings. The highest BCUT2D eigenvalue weighted by Crippen LogP contribution is 1.91. The lowest BCUT2D eigenvalue weighted by molar-refractivity contribution is 0.0122. The van der Waals surface area contributed by atoms with Gasteiger partial charge in [0.15, 0.2) is 0 Å². The van der Waals surface area contributed by atoms with Crippen molar-refractivity contribution in [3.63, 3.8) is 0 Å². The normalized spacial score (nSPS) is 21.3. The molecule has 0 unspecified atom stereocenters. The number of ether oxygens (including phenoxy) is 1. The molecule has 0 spiro atoms. The van der Waals surface area contributed by atoms with Gasteiger partial charge in [-0.05, 0) is 6.42 Å². The number of hydrazine groups is 1. The van der Waals surface area contributed by atoms with Gasteiger partial charge in [0.2, 0.25) is 0 Å². The summed E-state index contributed by atoms with van der Waals surface area (Å²) in [7, 11) is 0. The van der Waals surface area contributed by atoms with Crippen molar-refractivity contribution < 1.29 is 4.74 Å². The molecular weight excluding hydrogens is 128 g/mol. The summed E-state index contributed by atoms with van der Waals surface area (Å²) in [5.41, 5.74) is 3.32. The van der Waals surface area contributed by atoms with Gasteiger partial charge < -0.3 is 4.74 Å². The predicted molar refractivity (Wildman–Crippen MR) is 40.7 cm³/mol. The number of nitrogens with one attached hydrogen (secondary N) is 1. The summed E-state index contributed by atoms with van der Waals surface area (Å²) in [6, 6.07) is 0. The lowest BCUT2D eigenvalue weighted by atomic mass is 10.5. The van der Waals surface area contributed by atoms with Crippen molar-refractivity contribution >= 4 is 0 Å². The van der Waals surface area contributed by atoms with Crippen LogP contribution in [0.4, 0.5) is 0 Å². The fourth-order valence-corrected chi connectivity index (χ4v) is 0.991. The lowest BCUT2D eigenvalue weighted by Crippen LogP contribution is -2.45. The van der Waals surface area contributed by atoms with Gasteiger partial charge in [0.05, 0.1) is 13.2 Å². The minimum Gasteiger partial charge on any atom is -0.379 e. The highest BCUT2D eigenvalue weighted by atomic mass is 16.5. The van der Waals surface area contributed by atoms with Gasteiger partial charge in [-0.2, -0.15) is 0 Å². The van der Waals surface area contributed by atoms with Gasteiger partial charge >= 0.3 is 0 Å². The van der Waals surface area contributed by atoms with E-state index in [2.05, 4.69) is 17.4 Å². The topological polar surface area (TPSA) is 24.5 Å². The molecule has 1 heterocycles. The van der Waals surface area contributed by atoms with E-state index in [0.717, 1.165) is 32.8 Å². The van der Waals surface area contributed by atoms with Crippen LogP contribution in [0.25, 0.3) is 0 Å². The average molecular weight is 144 g/mol. The van der Waals surface area contributed by atoms with Crippen LogP contribution in [0.3, 0.4) is 0 Å². The SMILES string of the molecule is CCCNN1CCOCC1. The molecule has 0 aromatic heterocycles. The van der Waals surface area contributed by atoms with Gasteiger partial charge in [-0.15, -0.1) is 0 Å². The smallest absolute Gasteiger partial charge is 0.0608 e. The summed E-state index contributed by atoms with van der Waals surface area (Å²) < 4.78 is 5.20. The zero-order valence-electron chi connectivity index (χ0n) is 6.60. The summed E-state index contributed by atoms with van der Waals surface area (Å²) in [6.45, 7) is 7.06. The molecule has 0 amide bonds. The van der Waals surface area contributed by atoms with Crippen LogP contribution < -0.4 is 5.43 Å². The van der Waals surface area contributed by atoms with E-state index in [9.17, 15) is 0 Å². The highest BCUT2D eigenvalue weighted by molar-refractivity contribution is 4.56. The van der Waals surface area contributed by atoms with E-state index in [-0.39, 0.29) is 0 Å². The fraction of sp³-hybridized carbons (Fsp3) is 1.00. The van der Waals surface area contributed by atoms with Gasteiger partial charge in [0.25, 0.3) is 0 Å². The van der Waals surface area contributed by atoms with E-state index >= 15 is 0 Å². The van der Waals surface area contributed by atoms with Crippen molar-refractivity contribution in [1.29, 1.82) is 0 Å². The van der Waals surface area contributed by atoms with Crippen LogP contribution in [0.2, 0.25) is 0 Å². The Hall–Kier alpha value is -0.120. The van der Waals surface area contributed by atoms with Crippen LogP contribution in [0.5, 0.6) is 0 Å². The van der Waals surface area contributed by atoms with Crippen molar-refractivity contribution in [3.05, 3.63) is 0 Å². The van der Waals surface area contributed by atoms with E-state index in [4.69, 9.17) is 4.74 Å². The number of rotatable bonds is 3. The van der Waals surface area contributed by atoms with E-state index in [1.54, 1.807) is 0 Å². The number of hydrogen-bond donors (Lipinski definition) is 1. The van der Waals surface area contributed by atoms with Gasteiger partial charge in [-0.1, -0.05) is 6.92 Å². The predicted octanol–water partition coefficient (Wildman–Crippen LogP) is 0.233. The first-order chi connectivity index (χ1) is 4.93. The summed E-state index contributed by atoms with van der Waals surface area (Å²) >= 11 is 0. The van der Waals surface area contributed by atoms with Gasteiger partial charge in [-0.3, -0.25) is 5.43 Å². The van der Waals surface area contributed by atoms with Crippen LogP contribution in [-0.4, -0.2) is 37.9 Å². The minimum absolute atomic E-state index is 0.872. The molecule has 3 nitrogen and oxygen atoms in total. The zero-order valence-corrected chi connectivity index (χ0v) is 6.60. The average Bonchev–Trinajstić information content (AvgIpc) is 2.03. The molecule has 0 radical (unpaired) electrons. The van der Waals surface area contributed by atoms with Crippen LogP contribution in [0.15, 0.2) is 0 Å². The maximum Gasteiger partial charge on any atom is 0.0608 e. The second-order valence-electron chi connectivity index (χ2n) is 2.51. The first-order valence-corrected chi connectivity index (χ1v) is 3.99. The highest BCUT2D eigenvalue weighted by Gasteiger charge is 2.07. The third kappa shape index (κ3) is 2.64. The summed E-state index contributed by atoms with van der Waals surface area (Å²) in [4.78, 5) is 0. The van der Waals surface area contributed by atoms with Crippen LogP contribution in [0, 0.1) is 0 Å². The van der Waals surface area contributed by atoms with Crippen molar-refractivity contribution in [2.75, 3.05) is 32.8 Å². The van der Waals surface area contributed by atoms with Crippen molar-refractivity contribution in [2.45, 2.75) is 13.3 Å². The molecule has 1 saturated heterocycles. The van der Waals surface area contributed by atoms with Gasteiger partial charge in [-0.25, -0.2) is 5.01 Å². The Kier molecular flexibility index (Phi) is 3.72. The molecule has 3 heteroatoms. The maximum absolute atomic E-state index is 5.20. The number of hydrogen-bond acceptors (Lipinski definition) is 3. The monoisotopic (exact) mass is 144 g/mol. The Morgan fingerprint density at radius 2 is 2.10 bits per heavy atom. The Labute approximate surface area is 62.3 Å². The first-order valence-electron chi connectivity index (χ1n) is 3.99. The number of morpholine rings is 1. The number of nitrogens with zero attached hydrogens (tertiary/aromatic N) is 1. The van der Waals surface area contributed by atoms with Gasteiger partial charge in [0.1, 0.15) is 0 Å². The molecule has 0 bridgehead atoms. The van der Waals surface area contributed by atoms with E-state index < -0.39 is 0 Å². The van der Waals surface area contributed by atoms with Crippen LogP contribution in [-0.2, 0) is 4.74 Å². The molecule has 1 fully saturated rings. The Balaban J connectivity index is 2.02. The largest absolute Gasteiger partial charge is 0.379 e. The first kappa shape index (κ1) is 7.98.